The molecule has 3 fully saturated rings. The van der Waals surface area contributed by atoms with Gasteiger partial charge in [0.1, 0.15) is 11.6 Å². The number of benzene rings is 2. The highest BCUT2D eigenvalue weighted by molar-refractivity contribution is 5.99. The molecule has 8 heteroatoms. The number of carbonyl (C=O) groups excluding carboxylic acids is 3. The topological polar surface area (TPSA) is 90.4 Å². The van der Waals surface area contributed by atoms with Gasteiger partial charge in [-0.1, -0.05) is 93.1 Å². The Morgan fingerprint density at radius 2 is 1.66 bits per heavy atom. The Bertz CT molecular complexity index is 1450. The smallest absolute Gasteiger partial charge is 0.248 e. The van der Waals surface area contributed by atoms with Gasteiger partial charge in [0.05, 0.1) is 30.1 Å². The van der Waals surface area contributed by atoms with E-state index in [1.54, 1.807) is 26.9 Å². The predicted molar refractivity (Wildman–Crippen MR) is 183 cm³/mol. The van der Waals surface area contributed by atoms with Gasteiger partial charge in [0, 0.05) is 25.7 Å². The van der Waals surface area contributed by atoms with Crippen molar-refractivity contribution >= 4 is 17.7 Å². The first-order valence-electron chi connectivity index (χ1n) is 17.1. The van der Waals surface area contributed by atoms with E-state index in [0.717, 1.165) is 24.0 Å². The molecule has 1 spiro atoms. The van der Waals surface area contributed by atoms with Crippen LogP contribution in [0.1, 0.15) is 58.1 Å². The maximum atomic E-state index is 15.0. The van der Waals surface area contributed by atoms with E-state index in [9.17, 15) is 14.7 Å². The monoisotopic (exact) mass is 641 g/mol. The number of nitrogens with zero attached hydrogens (tertiary/aromatic N) is 3. The fourth-order valence-corrected chi connectivity index (χ4v) is 8.61. The largest absolute Gasteiger partial charge is 0.394 e. The van der Waals surface area contributed by atoms with E-state index < -0.39 is 35.1 Å². The molecule has 3 aliphatic heterocycles. The molecule has 0 saturated carbocycles. The summed E-state index contributed by atoms with van der Waals surface area (Å²) in [7, 11) is 0. The number of amides is 3. The average Bonchev–Trinajstić information content (AvgIpc) is 3.59. The molecule has 0 aromatic heterocycles. The Morgan fingerprint density at radius 1 is 1.04 bits per heavy atom. The van der Waals surface area contributed by atoms with Gasteiger partial charge < -0.3 is 24.5 Å². The van der Waals surface area contributed by atoms with E-state index in [1.807, 2.05) is 74.5 Å². The van der Waals surface area contributed by atoms with E-state index in [2.05, 4.69) is 27.0 Å². The third-order valence-electron chi connectivity index (χ3n) is 10.9. The van der Waals surface area contributed by atoms with Crippen LogP contribution in [0.4, 0.5) is 0 Å². The molecule has 1 N–H and O–H groups in total. The van der Waals surface area contributed by atoms with Gasteiger partial charge in [-0.3, -0.25) is 14.4 Å². The Labute approximate surface area is 280 Å². The standard InChI is InChI=1S/C39H51N3O5/c1-7-16-28(5)41(22-9-3)37(46)34-39-24-27(4)38(6,47-39)32(35(44)40(21-8-2)25-30-19-14-11-15-20-30)33(39)36(45)42(34)31(26-43)23-29-17-12-10-13-18-29/h8-15,17-20,27-28,31-34,43H,2-3,7,16,21-26H2,1,4-6H3/t27?,28?,31-,32-,33+,34?,38+,39?/m1/s1. The van der Waals surface area contributed by atoms with Crippen LogP contribution in [0.2, 0.25) is 0 Å². The van der Waals surface area contributed by atoms with Gasteiger partial charge in [-0.2, -0.15) is 0 Å². The van der Waals surface area contributed by atoms with Crippen LogP contribution in [0.25, 0.3) is 0 Å². The quantitative estimate of drug-likeness (QED) is 0.276. The zero-order valence-electron chi connectivity index (χ0n) is 28.4. The number of aliphatic hydroxyl groups is 1. The molecule has 0 aliphatic carbocycles. The highest BCUT2D eigenvalue weighted by Gasteiger charge is 2.80. The summed E-state index contributed by atoms with van der Waals surface area (Å²) in [6, 6.07) is 17.7. The number of hydrogen-bond acceptors (Lipinski definition) is 5. The lowest BCUT2D eigenvalue weighted by Crippen LogP contribution is -2.60. The molecular formula is C39H51N3O5. The van der Waals surface area contributed by atoms with E-state index in [0.29, 0.717) is 32.5 Å². The van der Waals surface area contributed by atoms with Gasteiger partial charge in [-0.15, -0.1) is 13.2 Å². The van der Waals surface area contributed by atoms with Crippen LogP contribution in [0.3, 0.4) is 0 Å². The molecule has 47 heavy (non-hydrogen) atoms. The van der Waals surface area contributed by atoms with Crippen molar-refractivity contribution in [3.05, 3.63) is 97.1 Å². The van der Waals surface area contributed by atoms with Crippen molar-refractivity contribution in [2.75, 3.05) is 19.7 Å². The van der Waals surface area contributed by atoms with E-state index in [-0.39, 0.29) is 36.3 Å². The highest BCUT2D eigenvalue weighted by Crippen LogP contribution is 2.66. The molecule has 2 aromatic rings. The summed E-state index contributed by atoms with van der Waals surface area (Å²) in [5.74, 6) is -2.47. The summed E-state index contributed by atoms with van der Waals surface area (Å²) in [6.45, 7) is 16.6. The maximum absolute atomic E-state index is 15.0. The molecule has 3 aliphatic rings. The molecule has 2 aromatic carbocycles. The molecule has 0 radical (unpaired) electrons. The normalized spacial score (nSPS) is 28.9. The molecule has 2 bridgehead atoms. The summed E-state index contributed by atoms with van der Waals surface area (Å²) in [4.78, 5) is 49.9. The summed E-state index contributed by atoms with van der Waals surface area (Å²) >= 11 is 0. The lowest BCUT2D eigenvalue weighted by Gasteiger charge is -2.41. The van der Waals surface area contributed by atoms with Crippen LogP contribution >= 0.6 is 0 Å². The molecule has 3 amide bonds. The van der Waals surface area contributed by atoms with Crippen LogP contribution in [-0.2, 0) is 32.1 Å². The summed E-state index contributed by atoms with van der Waals surface area (Å²) < 4.78 is 7.05. The zero-order valence-corrected chi connectivity index (χ0v) is 28.4. The molecule has 8 nitrogen and oxygen atoms in total. The van der Waals surface area contributed by atoms with Crippen LogP contribution in [-0.4, -0.2) is 86.6 Å². The summed E-state index contributed by atoms with van der Waals surface area (Å²) in [5.41, 5.74) is -0.254. The van der Waals surface area contributed by atoms with E-state index in [1.165, 1.54) is 0 Å². The first-order chi connectivity index (χ1) is 22.6. The van der Waals surface area contributed by atoms with Gasteiger partial charge in [-0.25, -0.2) is 0 Å². The van der Waals surface area contributed by atoms with Gasteiger partial charge in [-0.05, 0) is 50.2 Å². The lowest BCUT2D eigenvalue weighted by atomic mass is 9.62. The molecular weight excluding hydrogens is 590 g/mol. The van der Waals surface area contributed by atoms with Crippen molar-refractivity contribution in [1.29, 1.82) is 0 Å². The van der Waals surface area contributed by atoms with Crippen LogP contribution in [0.15, 0.2) is 86.0 Å². The number of rotatable bonds is 15. The lowest BCUT2D eigenvalue weighted by molar-refractivity contribution is -0.158. The molecule has 252 valence electrons. The number of aliphatic hydroxyl groups excluding tert-OH is 1. The number of hydrogen-bond donors (Lipinski definition) is 1. The zero-order chi connectivity index (χ0) is 33.9. The molecule has 8 atom stereocenters. The van der Waals surface area contributed by atoms with Crippen LogP contribution in [0, 0.1) is 17.8 Å². The fourth-order valence-electron chi connectivity index (χ4n) is 8.61. The van der Waals surface area contributed by atoms with Gasteiger partial charge in [0.2, 0.25) is 17.7 Å². The average molecular weight is 642 g/mol. The van der Waals surface area contributed by atoms with Gasteiger partial charge >= 0.3 is 0 Å². The van der Waals surface area contributed by atoms with Crippen molar-refractivity contribution in [1.82, 2.24) is 14.7 Å². The number of ether oxygens (including phenoxy) is 1. The van der Waals surface area contributed by atoms with Crippen molar-refractivity contribution in [3.8, 4) is 0 Å². The van der Waals surface area contributed by atoms with Crippen molar-refractivity contribution in [3.63, 3.8) is 0 Å². The van der Waals surface area contributed by atoms with E-state index >= 15 is 4.79 Å². The van der Waals surface area contributed by atoms with Gasteiger partial charge in [0.15, 0.2) is 0 Å². The third-order valence-corrected chi connectivity index (χ3v) is 10.9. The number of likely N-dealkylation sites (tertiary alicyclic amines) is 1. The van der Waals surface area contributed by atoms with Crippen molar-refractivity contribution < 1.29 is 24.2 Å². The molecule has 4 unspecified atom stereocenters. The summed E-state index contributed by atoms with van der Waals surface area (Å²) in [5, 5.41) is 10.9. The fraction of sp³-hybridized carbons (Fsp3) is 0.513. The van der Waals surface area contributed by atoms with Crippen molar-refractivity contribution in [2.45, 2.75) is 89.3 Å². The maximum Gasteiger partial charge on any atom is 0.248 e. The minimum absolute atomic E-state index is 0.0966. The second-order valence-corrected chi connectivity index (χ2v) is 13.9. The minimum atomic E-state index is -1.22. The van der Waals surface area contributed by atoms with Crippen molar-refractivity contribution in [2.24, 2.45) is 17.8 Å². The van der Waals surface area contributed by atoms with Crippen LogP contribution in [0.5, 0.6) is 0 Å². The first kappa shape index (κ1) is 34.6. The van der Waals surface area contributed by atoms with Crippen LogP contribution < -0.4 is 0 Å². The highest BCUT2D eigenvalue weighted by atomic mass is 16.5. The minimum Gasteiger partial charge on any atom is -0.394 e. The molecule has 3 saturated heterocycles. The Kier molecular flexibility index (Phi) is 10.4. The molecule has 5 rings (SSSR count). The predicted octanol–water partition coefficient (Wildman–Crippen LogP) is 5.02. The molecule has 3 heterocycles. The Morgan fingerprint density at radius 3 is 2.23 bits per heavy atom. The Hall–Kier alpha value is -3.75. The van der Waals surface area contributed by atoms with E-state index in [4.69, 9.17) is 4.74 Å². The SMILES string of the molecule is C=CCN(Cc1ccccc1)C(=O)[C@H]1[C@H]2C(=O)N([C@@H](CO)Cc3ccccc3)C(C(=O)N(CC=C)C(C)CCC)C23CC(C)[C@]1(C)O3. The second kappa shape index (κ2) is 14.2. The second-order valence-electron chi connectivity index (χ2n) is 13.9. The number of carbonyl (C=O) groups is 3. The first-order valence-corrected chi connectivity index (χ1v) is 17.1. The summed E-state index contributed by atoms with van der Waals surface area (Å²) in [6.07, 6.45) is 5.92. The Balaban J connectivity index is 1.62. The third kappa shape index (κ3) is 6.06. The number of fused-ring (bicyclic) bond motifs is 1. The van der Waals surface area contributed by atoms with Gasteiger partial charge in [0.25, 0.3) is 0 Å².